The maximum Gasteiger partial charge on any atom is 0.145 e. The standard InChI is InChI=1S/C15H24O/c1-6-14(10-9-13(2)12-16)8-7-11-15(3,4)5/h6,9-10,12H,1,7-8,11H2,2-5H3/b13-9+,14-10+. The Hall–Kier alpha value is -1.11. The van der Waals surface area contributed by atoms with Gasteiger partial charge < -0.3 is 0 Å². The van der Waals surface area contributed by atoms with Gasteiger partial charge in [-0.3, -0.25) is 4.79 Å². The Morgan fingerprint density at radius 1 is 1.25 bits per heavy atom. The first kappa shape index (κ1) is 14.9. The van der Waals surface area contributed by atoms with E-state index in [-0.39, 0.29) is 0 Å². The van der Waals surface area contributed by atoms with E-state index < -0.39 is 0 Å². The van der Waals surface area contributed by atoms with Crippen molar-refractivity contribution >= 4 is 6.29 Å². The van der Waals surface area contributed by atoms with Crippen LogP contribution in [0.4, 0.5) is 0 Å². The molecule has 1 heteroatoms. The third-order valence-electron chi connectivity index (χ3n) is 2.40. The van der Waals surface area contributed by atoms with Gasteiger partial charge in [-0.1, -0.05) is 45.6 Å². The Balaban J connectivity index is 4.21. The number of rotatable bonds is 6. The summed E-state index contributed by atoms with van der Waals surface area (Å²) in [5, 5.41) is 0. The van der Waals surface area contributed by atoms with E-state index in [9.17, 15) is 4.79 Å². The molecule has 0 saturated heterocycles. The molecule has 16 heavy (non-hydrogen) atoms. The summed E-state index contributed by atoms with van der Waals surface area (Å²) in [4.78, 5) is 10.4. The molecule has 1 nitrogen and oxygen atoms in total. The molecule has 0 rings (SSSR count). The van der Waals surface area contributed by atoms with Gasteiger partial charge in [-0.05, 0) is 42.7 Å². The van der Waals surface area contributed by atoms with Crippen molar-refractivity contribution in [1.82, 2.24) is 0 Å². The maximum absolute atomic E-state index is 10.4. The Kier molecular flexibility index (Phi) is 6.71. The molecule has 0 spiro atoms. The molecule has 0 bridgehead atoms. The summed E-state index contributed by atoms with van der Waals surface area (Å²) in [5.74, 6) is 0. The lowest BCUT2D eigenvalue weighted by molar-refractivity contribution is -0.104. The summed E-state index contributed by atoms with van der Waals surface area (Å²) >= 11 is 0. The molecular weight excluding hydrogens is 196 g/mol. The SMILES string of the molecule is C=C/C(=C\C=C(/C)C=O)CCCC(C)(C)C. The molecule has 0 amide bonds. The zero-order chi connectivity index (χ0) is 12.6. The van der Waals surface area contributed by atoms with E-state index in [1.165, 1.54) is 12.0 Å². The minimum atomic E-state index is 0.390. The molecule has 0 fully saturated rings. The Morgan fingerprint density at radius 2 is 1.88 bits per heavy atom. The molecule has 0 unspecified atom stereocenters. The Morgan fingerprint density at radius 3 is 2.31 bits per heavy atom. The number of hydrogen-bond acceptors (Lipinski definition) is 1. The van der Waals surface area contributed by atoms with E-state index in [1.807, 2.05) is 18.2 Å². The van der Waals surface area contributed by atoms with Crippen molar-refractivity contribution < 1.29 is 4.79 Å². The van der Waals surface area contributed by atoms with Crippen molar-refractivity contribution in [3.63, 3.8) is 0 Å². The van der Waals surface area contributed by atoms with E-state index >= 15 is 0 Å². The maximum atomic E-state index is 10.4. The molecule has 0 aliphatic rings. The van der Waals surface area contributed by atoms with Gasteiger partial charge in [0.2, 0.25) is 0 Å². The second-order valence-electron chi connectivity index (χ2n) is 5.39. The zero-order valence-electron chi connectivity index (χ0n) is 11.0. The van der Waals surface area contributed by atoms with Crippen molar-refractivity contribution in [2.24, 2.45) is 5.41 Å². The Bertz CT molecular complexity index is 287. The van der Waals surface area contributed by atoms with Gasteiger partial charge in [0, 0.05) is 0 Å². The third-order valence-corrected chi connectivity index (χ3v) is 2.40. The van der Waals surface area contributed by atoms with Crippen LogP contribution in [0.15, 0.2) is 36.0 Å². The predicted molar refractivity (Wildman–Crippen MR) is 71.4 cm³/mol. The van der Waals surface area contributed by atoms with Crippen molar-refractivity contribution in [2.45, 2.75) is 47.0 Å². The first-order valence-electron chi connectivity index (χ1n) is 5.84. The van der Waals surface area contributed by atoms with Crippen LogP contribution in [0.25, 0.3) is 0 Å². The lowest BCUT2D eigenvalue weighted by atomic mass is 9.89. The van der Waals surface area contributed by atoms with Crippen LogP contribution in [0.5, 0.6) is 0 Å². The summed E-state index contributed by atoms with van der Waals surface area (Å²) in [6, 6.07) is 0. The highest BCUT2D eigenvalue weighted by atomic mass is 16.1. The predicted octanol–water partition coefficient (Wildman–Crippen LogP) is 4.46. The fourth-order valence-electron chi connectivity index (χ4n) is 1.35. The van der Waals surface area contributed by atoms with E-state index in [1.54, 1.807) is 6.92 Å². The molecule has 0 aromatic carbocycles. The highest BCUT2D eigenvalue weighted by molar-refractivity contribution is 5.72. The van der Waals surface area contributed by atoms with Crippen molar-refractivity contribution in [1.29, 1.82) is 0 Å². The van der Waals surface area contributed by atoms with Crippen molar-refractivity contribution in [3.05, 3.63) is 36.0 Å². The highest BCUT2D eigenvalue weighted by Crippen LogP contribution is 2.23. The van der Waals surface area contributed by atoms with E-state index in [0.717, 1.165) is 24.7 Å². The number of aldehydes is 1. The van der Waals surface area contributed by atoms with Crippen LogP contribution in [0.1, 0.15) is 47.0 Å². The summed E-state index contributed by atoms with van der Waals surface area (Å²) in [7, 11) is 0. The summed E-state index contributed by atoms with van der Waals surface area (Å²) in [6.07, 6.45) is 9.97. The van der Waals surface area contributed by atoms with Crippen LogP contribution >= 0.6 is 0 Å². The highest BCUT2D eigenvalue weighted by Gasteiger charge is 2.08. The normalized spacial score (nSPS) is 13.8. The van der Waals surface area contributed by atoms with Gasteiger partial charge in [0.05, 0.1) is 0 Å². The van der Waals surface area contributed by atoms with Crippen LogP contribution in [-0.4, -0.2) is 6.29 Å². The molecule has 90 valence electrons. The van der Waals surface area contributed by atoms with E-state index in [4.69, 9.17) is 0 Å². The van der Waals surface area contributed by atoms with Gasteiger partial charge in [0.15, 0.2) is 0 Å². The topological polar surface area (TPSA) is 17.1 Å². The van der Waals surface area contributed by atoms with Crippen LogP contribution in [0, 0.1) is 5.41 Å². The fourth-order valence-corrected chi connectivity index (χ4v) is 1.35. The smallest absolute Gasteiger partial charge is 0.145 e. The summed E-state index contributed by atoms with van der Waals surface area (Å²) < 4.78 is 0. The number of carbonyl (C=O) groups excluding carboxylic acids is 1. The molecule has 0 aromatic heterocycles. The lowest BCUT2D eigenvalue weighted by Gasteiger charge is -2.17. The first-order chi connectivity index (χ1) is 7.39. The van der Waals surface area contributed by atoms with Crippen LogP contribution in [-0.2, 0) is 4.79 Å². The minimum absolute atomic E-state index is 0.390. The second kappa shape index (κ2) is 7.21. The molecule has 0 aromatic rings. The van der Waals surface area contributed by atoms with Crippen molar-refractivity contribution in [2.75, 3.05) is 0 Å². The van der Waals surface area contributed by atoms with E-state index in [0.29, 0.717) is 5.41 Å². The van der Waals surface area contributed by atoms with Gasteiger partial charge in [0.25, 0.3) is 0 Å². The minimum Gasteiger partial charge on any atom is -0.298 e. The molecule has 0 heterocycles. The van der Waals surface area contributed by atoms with E-state index in [2.05, 4.69) is 27.4 Å². The van der Waals surface area contributed by atoms with Gasteiger partial charge in [0.1, 0.15) is 6.29 Å². The second-order valence-corrected chi connectivity index (χ2v) is 5.39. The monoisotopic (exact) mass is 220 g/mol. The van der Waals surface area contributed by atoms with Crippen LogP contribution in [0.3, 0.4) is 0 Å². The van der Waals surface area contributed by atoms with Crippen LogP contribution < -0.4 is 0 Å². The number of carbonyl (C=O) groups is 1. The quantitative estimate of drug-likeness (QED) is 0.367. The molecule has 0 N–H and O–H groups in total. The number of allylic oxidation sites excluding steroid dienone is 5. The zero-order valence-corrected chi connectivity index (χ0v) is 11.0. The fraction of sp³-hybridized carbons (Fsp3) is 0.533. The van der Waals surface area contributed by atoms with Gasteiger partial charge in [-0.15, -0.1) is 0 Å². The number of hydrogen-bond donors (Lipinski definition) is 0. The average Bonchev–Trinajstić information content (AvgIpc) is 2.20. The molecule has 0 aliphatic carbocycles. The molecule has 0 aliphatic heterocycles. The van der Waals surface area contributed by atoms with Crippen LogP contribution in [0.2, 0.25) is 0 Å². The summed E-state index contributed by atoms with van der Waals surface area (Å²) in [6.45, 7) is 12.4. The molecule has 0 saturated carbocycles. The summed E-state index contributed by atoms with van der Waals surface area (Å²) in [5.41, 5.74) is 2.33. The van der Waals surface area contributed by atoms with Gasteiger partial charge >= 0.3 is 0 Å². The Labute approximate surface area is 99.9 Å². The first-order valence-corrected chi connectivity index (χ1v) is 5.84. The largest absolute Gasteiger partial charge is 0.298 e. The average molecular weight is 220 g/mol. The molecule has 0 radical (unpaired) electrons. The molecular formula is C15H24O. The van der Waals surface area contributed by atoms with Crippen molar-refractivity contribution in [3.8, 4) is 0 Å². The lowest BCUT2D eigenvalue weighted by Crippen LogP contribution is -2.04. The van der Waals surface area contributed by atoms with Gasteiger partial charge in [-0.25, -0.2) is 0 Å². The van der Waals surface area contributed by atoms with Gasteiger partial charge in [-0.2, -0.15) is 0 Å². The third kappa shape index (κ3) is 8.22. The molecule has 0 atom stereocenters.